The number of halogens is 1. The van der Waals surface area contributed by atoms with Crippen molar-refractivity contribution in [1.82, 2.24) is 4.31 Å². The highest BCUT2D eigenvalue weighted by Gasteiger charge is 2.28. The summed E-state index contributed by atoms with van der Waals surface area (Å²) in [7, 11) is -3.50. The first-order chi connectivity index (χ1) is 12.4. The number of aryl methyl sites for hydroxylation is 1. The predicted molar refractivity (Wildman–Crippen MR) is 109 cm³/mol. The fraction of sp³-hybridized carbons (Fsp3) is 0.389. The smallest absolute Gasteiger partial charge is 0.268 e. The standard InChI is InChI=1S/C18H21BrN2O3S2/c1-3-20(4-2)26(23,24)14-7-8-15-13(12-14)6-5-11-21(15)18(22)16-9-10-17(19)25-16/h7-10,12H,3-6,11H2,1-2H3. The van der Waals surface area contributed by atoms with Gasteiger partial charge < -0.3 is 4.90 Å². The number of rotatable bonds is 5. The monoisotopic (exact) mass is 456 g/mol. The number of nitrogens with zero attached hydrogens (tertiary/aromatic N) is 2. The van der Waals surface area contributed by atoms with Crippen molar-refractivity contribution in [3.8, 4) is 0 Å². The number of sulfonamides is 1. The van der Waals surface area contributed by atoms with Gasteiger partial charge in [0.15, 0.2) is 0 Å². The molecule has 5 nitrogen and oxygen atoms in total. The minimum absolute atomic E-state index is 0.0407. The Hall–Kier alpha value is -1.22. The lowest BCUT2D eigenvalue weighted by Crippen LogP contribution is -2.35. The Morgan fingerprint density at radius 1 is 1.23 bits per heavy atom. The maximum atomic E-state index is 12.8. The van der Waals surface area contributed by atoms with Gasteiger partial charge in [0.05, 0.1) is 13.6 Å². The molecule has 0 atom stereocenters. The van der Waals surface area contributed by atoms with Crippen LogP contribution >= 0.6 is 27.3 Å². The predicted octanol–water partition coefficient (Wildman–Crippen LogP) is 4.13. The van der Waals surface area contributed by atoms with Gasteiger partial charge in [-0.05, 0) is 64.7 Å². The average Bonchev–Trinajstić information content (AvgIpc) is 3.07. The van der Waals surface area contributed by atoms with Crippen LogP contribution in [0.2, 0.25) is 0 Å². The van der Waals surface area contributed by atoms with Crippen LogP contribution in [-0.2, 0) is 16.4 Å². The minimum atomic E-state index is -3.50. The van der Waals surface area contributed by atoms with E-state index in [9.17, 15) is 13.2 Å². The highest BCUT2D eigenvalue weighted by molar-refractivity contribution is 9.11. The molecule has 26 heavy (non-hydrogen) atoms. The lowest BCUT2D eigenvalue weighted by atomic mass is 10.0. The van der Waals surface area contributed by atoms with Crippen LogP contribution in [-0.4, -0.2) is 38.3 Å². The Labute approximate surface area is 166 Å². The van der Waals surface area contributed by atoms with Gasteiger partial charge in [0.25, 0.3) is 5.91 Å². The summed E-state index contributed by atoms with van der Waals surface area (Å²) >= 11 is 4.80. The number of hydrogen-bond donors (Lipinski definition) is 0. The summed E-state index contributed by atoms with van der Waals surface area (Å²) in [5, 5.41) is 0. The summed E-state index contributed by atoms with van der Waals surface area (Å²) < 4.78 is 27.9. The van der Waals surface area contributed by atoms with Crippen LogP contribution in [0.5, 0.6) is 0 Å². The van der Waals surface area contributed by atoms with Crippen LogP contribution in [0.25, 0.3) is 0 Å². The first-order valence-electron chi connectivity index (χ1n) is 8.58. The second-order valence-electron chi connectivity index (χ2n) is 6.04. The summed E-state index contributed by atoms with van der Waals surface area (Å²) in [6, 6.07) is 8.79. The van der Waals surface area contributed by atoms with E-state index >= 15 is 0 Å². The van der Waals surface area contributed by atoms with Gasteiger partial charge in [0.2, 0.25) is 10.0 Å². The van der Waals surface area contributed by atoms with Crippen molar-refractivity contribution in [2.45, 2.75) is 31.6 Å². The molecule has 2 aromatic rings. The second-order valence-corrected chi connectivity index (χ2v) is 10.4. The van der Waals surface area contributed by atoms with E-state index in [4.69, 9.17) is 0 Å². The lowest BCUT2D eigenvalue weighted by Gasteiger charge is -2.30. The molecule has 3 rings (SSSR count). The van der Waals surface area contributed by atoms with Crippen LogP contribution in [0.1, 0.15) is 35.5 Å². The van der Waals surface area contributed by atoms with Crippen molar-refractivity contribution in [2.75, 3.05) is 24.5 Å². The molecule has 0 unspecified atom stereocenters. The Bertz CT molecular complexity index is 920. The molecule has 0 bridgehead atoms. The molecule has 0 aliphatic carbocycles. The van der Waals surface area contributed by atoms with Crippen LogP contribution in [0.3, 0.4) is 0 Å². The number of hydrogen-bond acceptors (Lipinski definition) is 4. The molecule has 0 fully saturated rings. The molecule has 1 amide bonds. The van der Waals surface area contributed by atoms with Gasteiger partial charge in [0, 0.05) is 25.3 Å². The molecule has 0 saturated heterocycles. The number of benzene rings is 1. The largest absolute Gasteiger partial charge is 0.307 e. The number of fused-ring (bicyclic) bond motifs is 1. The van der Waals surface area contributed by atoms with Crippen molar-refractivity contribution in [2.24, 2.45) is 0 Å². The topological polar surface area (TPSA) is 57.7 Å². The maximum Gasteiger partial charge on any atom is 0.268 e. The SMILES string of the molecule is CCN(CC)S(=O)(=O)c1ccc2c(c1)CCCN2C(=O)c1ccc(Br)s1. The highest BCUT2D eigenvalue weighted by Crippen LogP contribution is 2.33. The van der Waals surface area contributed by atoms with Gasteiger partial charge in [-0.25, -0.2) is 8.42 Å². The first-order valence-corrected chi connectivity index (χ1v) is 11.6. The maximum absolute atomic E-state index is 12.8. The zero-order valence-corrected chi connectivity index (χ0v) is 18.0. The zero-order chi connectivity index (χ0) is 18.9. The van der Waals surface area contributed by atoms with Crippen molar-refractivity contribution >= 4 is 48.9 Å². The molecule has 2 heterocycles. The van der Waals surface area contributed by atoms with E-state index in [0.29, 0.717) is 29.4 Å². The van der Waals surface area contributed by atoms with E-state index < -0.39 is 10.0 Å². The molecule has 8 heteroatoms. The minimum Gasteiger partial charge on any atom is -0.307 e. The van der Waals surface area contributed by atoms with Crippen molar-refractivity contribution in [1.29, 1.82) is 0 Å². The third kappa shape index (κ3) is 3.60. The number of anilines is 1. The van der Waals surface area contributed by atoms with Gasteiger partial charge in [0.1, 0.15) is 0 Å². The third-order valence-corrected chi connectivity index (χ3v) is 8.20. The average molecular weight is 457 g/mol. The van der Waals surface area contributed by atoms with Crippen LogP contribution < -0.4 is 4.90 Å². The van der Waals surface area contributed by atoms with Crippen LogP contribution in [0, 0.1) is 0 Å². The molecule has 0 radical (unpaired) electrons. The van der Waals surface area contributed by atoms with E-state index in [1.165, 1.54) is 15.6 Å². The van der Waals surface area contributed by atoms with E-state index in [1.807, 2.05) is 26.0 Å². The lowest BCUT2D eigenvalue weighted by molar-refractivity contribution is 0.0989. The fourth-order valence-corrected chi connectivity index (χ4v) is 6.06. The van der Waals surface area contributed by atoms with Gasteiger partial charge in [-0.2, -0.15) is 4.31 Å². The van der Waals surface area contributed by atoms with E-state index in [0.717, 1.165) is 27.9 Å². The molecule has 1 aromatic carbocycles. The Balaban J connectivity index is 1.96. The van der Waals surface area contributed by atoms with Crippen molar-refractivity contribution in [3.05, 3.63) is 44.6 Å². The van der Waals surface area contributed by atoms with Crippen LogP contribution in [0.15, 0.2) is 39.0 Å². The molecule has 1 aliphatic rings. The molecule has 1 aromatic heterocycles. The molecular formula is C18H21BrN2O3S2. The van der Waals surface area contributed by atoms with Crippen molar-refractivity contribution < 1.29 is 13.2 Å². The number of carbonyl (C=O) groups is 1. The third-order valence-electron chi connectivity index (χ3n) is 4.54. The Kier molecular flexibility index (Phi) is 5.86. The van der Waals surface area contributed by atoms with Gasteiger partial charge in [-0.1, -0.05) is 13.8 Å². The molecule has 0 saturated carbocycles. The Morgan fingerprint density at radius 2 is 1.96 bits per heavy atom. The van der Waals surface area contributed by atoms with Crippen LogP contribution in [0.4, 0.5) is 5.69 Å². The number of carbonyl (C=O) groups excluding carboxylic acids is 1. The van der Waals surface area contributed by atoms with Crippen molar-refractivity contribution in [3.63, 3.8) is 0 Å². The molecule has 0 spiro atoms. The molecule has 140 valence electrons. The molecule has 1 aliphatic heterocycles. The zero-order valence-electron chi connectivity index (χ0n) is 14.7. The highest BCUT2D eigenvalue weighted by atomic mass is 79.9. The molecular weight excluding hydrogens is 436 g/mol. The molecule has 0 N–H and O–H groups in total. The summed E-state index contributed by atoms with van der Waals surface area (Å²) in [5.74, 6) is -0.0407. The summed E-state index contributed by atoms with van der Waals surface area (Å²) in [5.41, 5.74) is 1.72. The Morgan fingerprint density at radius 3 is 2.58 bits per heavy atom. The summed E-state index contributed by atoms with van der Waals surface area (Å²) in [6.45, 7) is 5.18. The number of thiophene rings is 1. The summed E-state index contributed by atoms with van der Waals surface area (Å²) in [6.07, 6.45) is 1.59. The normalized spacial score (nSPS) is 14.5. The second kappa shape index (κ2) is 7.80. The van der Waals surface area contributed by atoms with Gasteiger partial charge in [-0.15, -0.1) is 11.3 Å². The summed E-state index contributed by atoms with van der Waals surface area (Å²) in [4.78, 5) is 15.6. The van der Waals surface area contributed by atoms with E-state index in [1.54, 1.807) is 23.1 Å². The fourth-order valence-electron chi connectivity index (χ4n) is 3.22. The quantitative estimate of drug-likeness (QED) is 0.679. The van der Waals surface area contributed by atoms with Gasteiger partial charge >= 0.3 is 0 Å². The van der Waals surface area contributed by atoms with E-state index in [2.05, 4.69) is 15.9 Å². The van der Waals surface area contributed by atoms with Gasteiger partial charge in [-0.3, -0.25) is 4.79 Å². The number of amides is 1. The van der Waals surface area contributed by atoms with E-state index in [-0.39, 0.29) is 5.91 Å². The first kappa shape index (κ1) is 19.5.